The van der Waals surface area contributed by atoms with Crippen LogP contribution in [0, 0.1) is 5.92 Å². The molecule has 2 aliphatic rings. The molecule has 2 unspecified atom stereocenters. The molecule has 1 saturated heterocycles. The summed E-state index contributed by atoms with van der Waals surface area (Å²) in [4.78, 5) is 28.5. The van der Waals surface area contributed by atoms with Gasteiger partial charge in [0.15, 0.2) is 17.1 Å². The van der Waals surface area contributed by atoms with Crippen LogP contribution in [0.2, 0.25) is 0 Å². The number of esters is 1. The number of hydrogen-bond donors (Lipinski definition) is 1. The zero-order chi connectivity index (χ0) is 24.3. The maximum Gasteiger partial charge on any atom is 0.335 e. The summed E-state index contributed by atoms with van der Waals surface area (Å²) in [5, 5.41) is 9.81. The fraction of sp³-hybridized carbons (Fsp3) is 0.481. The van der Waals surface area contributed by atoms with Gasteiger partial charge in [-0.3, -0.25) is 9.69 Å². The Morgan fingerprint density at radius 3 is 2.38 bits per heavy atom. The largest absolute Gasteiger partial charge is 0.493 e. The van der Waals surface area contributed by atoms with Gasteiger partial charge in [-0.05, 0) is 68.5 Å². The van der Waals surface area contributed by atoms with Crippen LogP contribution in [0.5, 0.6) is 11.5 Å². The monoisotopic (exact) mass is 467 g/mol. The van der Waals surface area contributed by atoms with Gasteiger partial charge in [-0.1, -0.05) is 30.3 Å². The lowest BCUT2D eigenvalue weighted by Crippen LogP contribution is -2.46. The Kier molecular flexibility index (Phi) is 7.24. The summed E-state index contributed by atoms with van der Waals surface area (Å²) in [6, 6.07) is 13.8. The maximum absolute atomic E-state index is 13.7. The van der Waals surface area contributed by atoms with Gasteiger partial charge in [0.25, 0.3) is 0 Å². The van der Waals surface area contributed by atoms with Crippen LogP contribution in [-0.2, 0) is 22.5 Å². The molecular formula is C27H33NO6. The highest BCUT2D eigenvalue weighted by Gasteiger charge is 2.51. The number of fused-ring (bicyclic) bond motifs is 1. The van der Waals surface area contributed by atoms with E-state index in [0.29, 0.717) is 23.5 Å². The molecule has 1 aliphatic carbocycles. The van der Waals surface area contributed by atoms with Crippen LogP contribution in [0.4, 0.5) is 0 Å². The number of carbonyl (C=O) groups is 2. The molecule has 34 heavy (non-hydrogen) atoms. The number of methoxy groups -OCH3 is 2. The Bertz CT molecular complexity index is 1030. The molecule has 0 spiro atoms. The van der Waals surface area contributed by atoms with Gasteiger partial charge in [0.2, 0.25) is 5.78 Å². The Morgan fingerprint density at radius 2 is 1.76 bits per heavy atom. The molecule has 0 aromatic heterocycles. The van der Waals surface area contributed by atoms with Crippen LogP contribution < -0.4 is 9.47 Å². The molecule has 1 N–H and O–H groups in total. The van der Waals surface area contributed by atoms with Gasteiger partial charge in [-0.15, -0.1) is 0 Å². The number of piperidine rings is 1. The van der Waals surface area contributed by atoms with Crippen molar-refractivity contribution < 1.29 is 28.9 Å². The first-order chi connectivity index (χ1) is 16.3. The van der Waals surface area contributed by atoms with Gasteiger partial charge in [-0.2, -0.15) is 0 Å². The molecule has 0 saturated carbocycles. The lowest BCUT2D eigenvalue weighted by molar-refractivity contribution is -0.165. The highest BCUT2D eigenvalue weighted by molar-refractivity contribution is 6.08. The van der Waals surface area contributed by atoms with E-state index in [1.54, 1.807) is 19.2 Å². The number of rotatable bonds is 8. The van der Waals surface area contributed by atoms with Crippen LogP contribution in [0.1, 0.15) is 47.7 Å². The van der Waals surface area contributed by atoms with E-state index in [0.717, 1.165) is 38.0 Å². The summed E-state index contributed by atoms with van der Waals surface area (Å²) in [6.07, 6.45) is 1.23. The van der Waals surface area contributed by atoms with Crippen LogP contribution in [0.15, 0.2) is 42.5 Å². The molecule has 1 heterocycles. The number of Topliss-reactive ketones (excluding diaryl/α,β-unsaturated/α-hetero) is 1. The molecule has 7 heteroatoms. The summed E-state index contributed by atoms with van der Waals surface area (Å²) >= 11 is 0. The topological polar surface area (TPSA) is 85.3 Å². The van der Waals surface area contributed by atoms with Crippen LogP contribution >= 0.6 is 0 Å². The van der Waals surface area contributed by atoms with E-state index in [1.807, 2.05) is 6.07 Å². The SMILES string of the molecule is COc1cc2c(cc1OC)C(=O)C(CC1CCN(Cc3ccccc3)CC1)(OC(=O)C(C)O)C2. The van der Waals surface area contributed by atoms with Crippen molar-refractivity contribution in [3.8, 4) is 11.5 Å². The number of aliphatic hydroxyl groups is 1. The number of benzene rings is 2. The highest BCUT2D eigenvalue weighted by atomic mass is 16.6. The first-order valence-corrected chi connectivity index (χ1v) is 11.8. The predicted octanol–water partition coefficient (Wildman–Crippen LogP) is 3.41. The third kappa shape index (κ3) is 4.95. The quantitative estimate of drug-likeness (QED) is 0.596. The number of hydrogen-bond acceptors (Lipinski definition) is 7. The minimum absolute atomic E-state index is 0.232. The number of likely N-dealkylation sites (tertiary alicyclic amines) is 1. The molecule has 0 radical (unpaired) electrons. The minimum Gasteiger partial charge on any atom is -0.493 e. The Balaban J connectivity index is 1.52. The van der Waals surface area contributed by atoms with Crippen LogP contribution in [0.3, 0.4) is 0 Å². The first kappa shape index (κ1) is 24.2. The van der Waals surface area contributed by atoms with Crippen molar-refractivity contribution >= 4 is 11.8 Å². The molecule has 1 aliphatic heterocycles. The standard InChI is InChI=1S/C27H33NO6/c1-18(29)26(31)34-27(16-21-13-23(32-2)24(33-3)14-22(21)25(27)30)15-19-9-11-28(12-10-19)17-20-7-5-4-6-8-20/h4-8,13-14,18-19,29H,9-12,15-17H2,1-3H3. The van der Waals surface area contributed by atoms with E-state index in [9.17, 15) is 14.7 Å². The number of ether oxygens (including phenoxy) is 3. The molecule has 1 fully saturated rings. The van der Waals surface area contributed by atoms with Crippen molar-refractivity contribution in [2.75, 3.05) is 27.3 Å². The number of carbonyl (C=O) groups excluding carboxylic acids is 2. The van der Waals surface area contributed by atoms with E-state index in [4.69, 9.17) is 14.2 Å². The second-order valence-electron chi connectivity index (χ2n) is 9.37. The predicted molar refractivity (Wildman–Crippen MR) is 127 cm³/mol. The smallest absolute Gasteiger partial charge is 0.335 e. The summed E-state index contributed by atoms with van der Waals surface area (Å²) in [5.74, 6) is 0.212. The number of nitrogens with zero attached hydrogens (tertiary/aromatic N) is 1. The lowest BCUT2D eigenvalue weighted by atomic mass is 9.82. The summed E-state index contributed by atoms with van der Waals surface area (Å²) in [7, 11) is 3.07. The third-order valence-corrected chi connectivity index (χ3v) is 6.96. The number of aliphatic hydroxyl groups excluding tert-OH is 1. The van der Waals surface area contributed by atoms with E-state index in [1.165, 1.54) is 19.6 Å². The maximum atomic E-state index is 13.7. The average Bonchev–Trinajstić information content (AvgIpc) is 3.10. The van der Waals surface area contributed by atoms with E-state index >= 15 is 0 Å². The Labute approximate surface area is 200 Å². The average molecular weight is 468 g/mol. The van der Waals surface area contributed by atoms with Gasteiger partial charge in [0.1, 0.15) is 6.10 Å². The molecule has 2 aromatic carbocycles. The summed E-state index contributed by atoms with van der Waals surface area (Å²) in [5.41, 5.74) is 1.22. The van der Waals surface area contributed by atoms with E-state index < -0.39 is 17.7 Å². The van der Waals surface area contributed by atoms with Crippen molar-refractivity contribution in [1.29, 1.82) is 0 Å². The van der Waals surface area contributed by atoms with Gasteiger partial charge < -0.3 is 19.3 Å². The van der Waals surface area contributed by atoms with Gasteiger partial charge in [-0.25, -0.2) is 4.79 Å². The third-order valence-electron chi connectivity index (χ3n) is 6.96. The van der Waals surface area contributed by atoms with Crippen LogP contribution in [0.25, 0.3) is 0 Å². The van der Waals surface area contributed by atoms with Crippen molar-refractivity contribution in [3.05, 3.63) is 59.2 Å². The van der Waals surface area contributed by atoms with Gasteiger partial charge in [0.05, 0.1) is 14.2 Å². The molecule has 2 atom stereocenters. The zero-order valence-electron chi connectivity index (χ0n) is 20.1. The molecule has 4 rings (SSSR count). The molecule has 2 aromatic rings. The second kappa shape index (κ2) is 10.2. The highest BCUT2D eigenvalue weighted by Crippen LogP contribution is 2.43. The molecule has 0 amide bonds. The molecular weight excluding hydrogens is 434 g/mol. The normalized spacial score (nSPS) is 21.7. The van der Waals surface area contributed by atoms with Crippen molar-refractivity contribution in [2.24, 2.45) is 5.92 Å². The van der Waals surface area contributed by atoms with Crippen LogP contribution in [-0.4, -0.2) is 60.8 Å². The molecule has 182 valence electrons. The molecule has 7 nitrogen and oxygen atoms in total. The van der Waals surface area contributed by atoms with Gasteiger partial charge >= 0.3 is 5.97 Å². The minimum atomic E-state index is -1.32. The second-order valence-corrected chi connectivity index (χ2v) is 9.37. The fourth-order valence-electron chi connectivity index (χ4n) is 5.14. The first-order valence-electron chi connectivity index (χ1n) is 11.8. The van der Waals surface area contributed by atoms with Crippen molar-refractivity contribution in [3.63, 3.8) is 0 Å². The summed E-state index contributed by atoms with van der Waals surface area (Å²) in [6.45, 7) is 4.10. The number of ketones is 1. The zero-order valence-corrected chi connectivity index (χ0v) is 20.1. The lowest BCUT2D eigenvalue weighted by Gasteiger charge is -2.37. The molecule has 0 bridgehead atoms. The van der Waals surface area contributed by atoms with E-state index in [-0.39, 0.29) is 18.1 Å². The fourth-order valence-corrected chi connectivity index (χ4v) is 5.14. The van der Waals surface area contributed by atoms with E-state index in [2.05, 4.69) is 29.2 Å². The van der Waals surface area contributed by atoms with Gasteiger partial charge in [0, 0.05) is 18.5 Å². The Hall–Kier alpha value is -2.90. The Morgan fingerprint density at radius 1 is 1.12 bits per heavy atom. The van der Waals surface area contributed by atoms with Crippen molar-refractivity contribution in [2.45, 2.75) is 50.9 Å². The summed E-state index contributed by atoms with van der Waals surface area (Å²) < 4.78 is 16.6. The van der Waals surface area contributed by atoms with Crippen molar-refractivity contribution in [1.82, 2.24) is 4.90 Å².